The van der Waals surface area contributed by atoms with Crippen LogP contribution in [0.2, 0.25) is 0 Å². The number of nitrogens with one attached hydrogen (secondary N) is 1. The summed E-state index contributed by atoms with van der Waals surface area (Å²) in [6.45, 7) is 2.26. The highest BCUT2D eigenvalue weighted by atomic mass is 32.1. The molecule has 3 rings (SSSR count). The smallest absolute Gasteiger partial charge is 0.0809 e. The Morgan fingerprint density at radius 2 is 2.17 bits per heavy atom. The number of hydrogen-bond acceptors (Lipinski definition) is 3. The second kappa shape index (κ2) is 5.37. The maximum absolute atomic E-state index is 4.53. The number of aromatic nitrogens is 1. The summed E-state index contributed by atoms with van der Waals surface area (Å²) in [5.41, 5.74) is 2.43. The molecule has 0 bridgehead atoms. The van der Waals surface area contributed by atoms with E-state index in [0.29, 0.717) is 12.1 Å². The van der Waals surface area contributed by atoms with Crippen molar-refractivity contribution in [2.45, 2.75) is 51.1 Å². The van der Waals surface area contributed by atoms with Gasteiger partial charge in [0.15, 0.2) is 0 Å². The molecule has 1 fully saturated rings. The number of thiophene rings is 1. The standard InChI is InChI=1S/C15H20N2S/c1-11(17-13-5-3-2-4-6-13)12-9-15-14(16-10-12)7-8-18-15/h7-11,13,17H,2-6H2,1H3. The molecule has 3 heteroatoms. The first-order chi connectivity index (χ1) is 8.83. The topological polar surface area (TPSA) is 24.9 Å². The van der Waals surface area contributed by atoms with E-state index in [2.05, 4.69) is 34.7 Å². The second-order valence-corrected chi connectivity index (χ2v) is 6.24. The predicted octanol–water partition coefficient (Wildman–Crippen LogP) is 4.28. The molecular formula is C15H20N2S. The lowest BCUT2D eigenvalue weighted by Gasteiger charge is -2.26. The van der Waals surface area contributed by atoms with Crippen molar-refractivity contribution in [1.82, 2.24) is 10.3 Å². The first kappa shape index (κ1) is 12.1. The summed E-state index contributed by atoms with van der Waals surface area (Å²) in [4.78, 5) is 4.53. The fourth-order valence-electron chi connectivity index (χ4n) is 2.82. The van der Waals surface area contributed by atoms with Gasteiger partial charge >= 0.3 is 0 Å². The van der Waals surface area contributed by atoms with Gasteiger partial charge in [-0.3, -0.25) is 4.98 Å². The Hall–Kier alpha value is -0.930. The molecule has 2 nitrogen and oxygen atoms in total. The summed E-state index contributed by atoms with van der Waals surface area (Å²) >= 11 is 1.77. The molecule has 0 amide bonds. The lowest BCUT2D eigenvalue weighted by atomic mass is 9.94. The molecule has 1 saturated carbocycles. The van der Waals surface area contributed by atoms with Gasteiger partial charge in [0.1, 0.15) is 0 Å². The zero-order valence-corrected chi connectivity index (χ0v) is 11.7. The average Bonchev–Trinajstić information content (AvgIpc) is 2.87. The van der Waals surface area contributed by atoms with Crippen molar-refractivity contribution in [2.75, 3.05) is 0 Å². The number of nitrogens with zero attached hydrogens (tertiary/aromatic N) is 1. The molecule has 0 radical (unpaired) electrons. The van der Waals surface area contributed by atoms with Gasteiger partial charge in [-0.1, -0.05) is 19.3 Å². The van der Waals surface area contributed by atoms with Crippen LogP contribution in [0.3, 0.4) is 0 Å². The van der Waals surface area contributed by atoms with E-state index < -0.39 is 0 Å². The van der Waals surface area contributed by atoms with Crippen LogP contribution >= 0.6 is 11.3 Å². The molecule has 0 spiro atoms. The summed E-state index contributed by atoms with van der Waals surface area (Å²) in [6.07, 6.45) is 8.86. The SMILES string of the molecule is CC(NC1CCCCC1)c1cnc2ccsc2c1. The summed E-state index contributed by atoms with van der Waals surface area (Å²) < 4.78 is 1.30. The summed E-state index contributed by atoms with van der Waals surface area (Å²) in [5.74, 6) is 0. The van der Waals surface area contributed by atoms with Gasteiger partial charge in [-0.25, -0.2) is 0 Å². The molecule has 0 aliphatic heterocycles. The van der Waals surface area contributed by atoms with Crippen LogP contribution in [0.25, 0.3) is 10.2 Å². The van der Waals surface area contributed by atoms with Gasteiger partial charge in [0.25, 0.3) is 0 Å². The number of fused-ring (bicyclic) bond motifs is 1. The highest BCUT2D eigenvalue weighted by Crippen LogP contribution is 2.25. The van der Waals surface area contributed by atoms with Crippen LogP contribution in [0.5, 0.6) is 0 Å². The zero-order chi connectivity index (χ0) is 12.4. The average molecular weight is 260 g/mol. The minimum atomic E-state index is 0.409. The maximum atomic E-state index is 4.53. The normalized spacial score (nSPS) is 19.2. The van der Waals surface area contributed by atoms with Crippen molar-refractivity contribution >= 4 is 21.6 Å². The number of hydrogen-bond donors (Lipinski definition) is 1. The quantitative estimate of drug-likeness (QED) is 0.891. The molecule has 0 saturated heterocycles. The summed E-state index contributed by atoms with van der Waals surface area (Å²) in [5, 5.41) is 5.87. The van der Waals surface area contributed by atoms with Gasteiger partial charge in [0.2, 0.25) is 0 Å². The third-order valence-electron chi connectivity index (χ3n) is 3.91. The second-order valence-electron chi connectivity index (χ2n) is 5.30. The molecule has 1 atom stereocenters. The van der Waals surface area contributed by atoms with E-state index in [-0.39, 0.29) is 0 Å². The zero-order valence-electron chi connectivity index (χ0n) is 10.9. The van der Waals surface area contributed by atoms with Crippen molar-refractivity contribution in [3.63, 3.8) is 0 Å². The van der Waals surface area contributed by atoms with Crippen LogP contribution in [0, 0.1) is 0 Å². The van der Waals surface area contributed by atoms with Crippen LogP contribution in [0.4, 0.5) is 0 Å². The third kappa shape index (κ3) is 2.57. The molecule has 18 heavy (non-hydrogen) atoms. The molecule has 2 aromatic heterocycles. The van der Waals surface area contributed by atoms with Gasteiger partial charge in [0.05, 0.1) is 10.2 Å². The fraction of sp³-hybridized carbons (Fsp3) is 0.533. The Balaban J connectivity index is 1.72. The van der Waals surface area contributed by atoms with Gasteiger partial charge in [0, 0.05) is 18.3 Å². The van der Waals surface area contributed by atoms with Gasteiger partial charge in [-0.2, -0.15) is 0 Å². The van der Waals surface area contributed by atoms with Crippen LogP contribution in [0.1, 0.15) is 50.6 Å². The Kier molecular flexibility index (Phi) is 3.62. The first-order valence-corrected chi connectivity index (χ1v) is 7.80. The van der Waals surface area contributed by atoms with E-state index in [4.69, 9.17) is 0 Å². The van der Waals surface area contributed by atoms with Crippen LogP contribution in [-0.4, -0.2) is 11.0 Å². The van der Waals surface area contributed by atoms with Crippen LogP contribution in [0.15, 0.2) is 23.7 Å². The van der Waals surface area contributed by atoms with Gasteiger partial charge < -0.3 is 5.32 Å². The highest BCUT2D eigenvalue weighted by molar-refractivity contribution is 7.17. The molecule has 1 N–H and O–H groups in total. The minimum Gasteiger partial charge on any atom is -0.307 e. The van der Waals surface area contributed by atoms with Crippen molar-refractivity contribution in [3.05, 3.63) is 29.3 Å². The van der Waals surface area contributed by atoms with Crippen molar-refractivity contribution in [1.29, 1.82) is 0 Å². The van der Waals surface area contributed by atoms with E-state index >= 15 is 0 Å². The van der Waals surface area contributed by atoms with Gasteiger partial charge in [-0.15, -0.1) is 11.3 Å². The largest absolute Gasteiger partial charge is 0.307 e. The van der Waals surface area contributed by atoms with Crippen molar-refractivity contribution < 1.29 is 0 Å². The third-order valence-corrected chi connectivity index (χ3v) is 4.77. The highest BCUT2D eigenvalue weighted by Gasteiger charge is 2.16. The number of rotatable bonds is 3. The van der Waals surface area contributed by atoms with E-state index in [1.54, 1.807) is 11.3 Å². The fourth-order valence-corrected chi connectivity index (χ4v) is 3.61. The van der Waals surface area contributed by atoms with E-state index in [1.165, 1.54) is 42.4 Å². The number of pyridine rings is 1. The monoisotopic (exact) mass is 260 g/mol. The minimum absolute atomic E-state index is 0.409. The van der Waals surface area contributed by atoms with E-state index in [0.717, 1.165) is 5.52 Å². The van der Waals surface area contributed by atoms with Crippen LogP contribution < -0.4 is 5.32 Å². The molecule has 1 unspecified atom stereocenters. The van der Waals surface area contributed by atoms with E-state index in [9.17, 15) is 0 Å². The summed E-state index contributed by atoms with van der Waals surface area (Å²) in [6, 6.07) is 5.48. The molecule has 1 aliphatic carbocycles. The van der Waals surface area contributed by atoms with Crippen molar-refractivity contribution in [3.8, 4) is 0 Å². The Bertz CT molecular complexity index is 514. The summed E-state index contributed by atoms with van der Waals surface area (Å²) in [7, 11) is 0. The lowest BCUT2D eigenvalue weighted by Crippen LogP contribution is -2.33. The molecule has 1 aliphatic rings. The Morgan fingerprint density at radius 3 is 3.00 bits per heavy atom. The molecular weight excluding hydrogens is 240 g/mol. The van der Waals surface area contributed by atoms with Gasteiger partial charge in [-0.05, 0) is 42.8 Å². The Morgan fingerprint density at radius 1 is 1.33 bits per heavy atom. The predicted molar refractivity (Wildman–Crippen MR) is 78.0 cm³/mol. The first-order valence-electron chi connectivity index (χ1n) is 6.92. The van der Waals surface area contributed by atoms with Crippen LogP contribution in [-0.2, 0) is 0 Å². The molecule has 96 valence electrons. The van der Waals surface area contributed by atoms with E-state index in [1.807, 2.05) is 6.20 Å². The molecule has 0 aromatic carbocycles. The maximum Gasteiger partial charge on any atom is 0.0809 e. The Labute approximate surface area is 112 Å². The molecule has 2 aromatic rings. The van der Waals surface area contributed by atoms with Crippen molar-refractivity contribution in [2.24, 2.45) is 0 Å². The molecule has 2 heterocycles. The lowest BCUT2D eigenvalue weighted by molar-refractivity contribution is 0.347.